The van der Waals surface area contributed by atoms with Crippen LogP contribution in [0.5, 0.6) is 0 Å². The van der Waals surface area contributed by atoms with Crippen LogP contribution in [0.2, 0.25) is 0 Å². The van der Waals surface area contributed by atoms with Gasteiger partial charge in [0.1, 0.15) is 6.04 Å². The van der Waals surface area contributed by atoms with Crippen LogP contribution in [-0.2, 0) is 11.3 Å². The van der Waals surface area contributed by atoms with Gasteiger partial charge >= 0.3 is 0 Å². The molecule has 0 aromatic carbocycles. The predicted octanol–water partition coefficient (Wildman–Crippen LogP) is 1.94. The van der Waals surface area contributed by atoms with E-state index in [2.05, 4.69) is 20.4 Å². The fraction of sp³-hybridized carbons (Fsp3) is 0.562. The third kappa shape index (κ3) is 3.97. The van der Waals surface area contributed by atoms with Crippen LogP contribution in [0.4, 0.5) is 0 Å². The first-order valence-corrected chi connectivity index (χ1v) is 8.93. The van der Waals surface area contributed by atoms with Crippen molar-refractivity contribution in [2.75, 3.05) is 26.2 Å². The molecule has 1 amide bonds. The second-order valence-electron chi connectivity index (χ2n) is 5.97. The first-order valence-electron chi connectivity index (χ1n) is 8.05. The summed E-state index contributed by atoms with van der Waals surface area (Å²) in [5.74, 6) is 0.153. The first kappa shape index (κ1) is 16.1. The van der Waals surface area contributed by atoms with E-state index in [9.17, 15) is 4.79 Å². The lowest BCUT2D eigenvalue weighted by Crippen LogP contribution is -2.39. The zero-order valence-electron chi connectivity index (χ0n) is 13.7. The van der Waals surface area contributed by atoms with Crippen LogP contribution >= 0.6 is 11.3 Å². The summed E-state index contributed by atoms with van der Waals surface area (Å²) >= 11 is 1.69. The largest absolute Gasteiger partial charge is 0.340 e. The zero-order chi connectivity index (χ0) is 16.2. The summed E-state index contributed by atoms with van der Waals surface area (Å²) in [6.07, 6.45) is 4.56. The Morgan fingerprint density at radius 2 is 2.22 bits per heavy atom. The molecular weight excluding hydrogens is 310 g/mol. The summed E-state index contributed by atoms with van der Waals surface area (Å²) in [4.78, 5) is 21.5. The molecule has 0 unspecified atom stereocenters. The fourth-order valence-electron chi connectivity index (χ4n) is 2.95. The minimum absolute atomic E-state index is 0.153. The lowest BCUT2D eigenvalue weighted by molar-refractivity contribution is -0.134. The van der Waals surface area contributed by atoms with Crippen molar-refractivity contribution in [2.24, 2.45) is 0 Å². The van der Waals surface area contributed by atoms with Gasteiger partial charge in [0.15, 0.2) is 0 Å². The Kier molecular flexibility index (Phi) is 5.07. The SMILES string of the molecule is Cc1nc(CN2CCCN(C(=O)[C@H](C)n3cccn3)CC2)cs1. The Balaban J connectivity index is 1.56. The maximum absolute atomic E-state index is 12.7. The Morgan fingerprint density at radius 1 is 1.35 bits per heavy atom. The molecule has 1 aliphatic rings. The summed E-state index contributed by atoms with van der Waals surface area (Å²) in [5.41, 5.74) is 1.14. The van der Waals surface area contributed by atoms with Crippen LogP contribution in [0.3, 0.4) is 0 Å². The van der Waals surface area contributed by atoms with Gasteiger partial charge in [-0.15, -0.1) is 11.3 Å². The quantitative estimate of drug-likeness (QED) is 0.858. The lowest BCUT2D eigenvalue weighted by Gasteiger charge is -2.24. The zero-order valence-corrected chi connectivity index (χ0v) is 14.5. The van der Waals surface area contributed by atoms with Crippen LogP contribution in [-0.4, -0.2) is 56.7 Å². The van der Waals surface area contributed by atoms with Crippen LogP contribution < -0.4 is 0 Å². The molecule has 0 N–H and O–H groups in total. The number of thiazole rings is 1. The number of hydrogen-bond donors (Lipinski definition) is 0. The van der Waals surface area contributed by atoms with Gasteiger partial charge in [-0.1, -0.05) is 0 Å². The Labute approximate surface area is 140 Å². The summed E-state index contributed by atoms with van der Waals surface area (Å²) < 4.78 is 1.73. The van der Waals surface area contributed by atoms with Crippen molar-refractivity contribution in [1.82, 2.24) is 24.6 Å². The first-order chi connectivity index (χ1) is 11.1. The van der Waals surface area contributed by atoms with Gasteiger partial charge in [-0.25, -0.2) is 4.98 Å². The van der Waals surface area contributed by atoms with Crippen molar-refractivity contribution >= 4 is 17.2 Å². The number of hydrogen-bond acceptors (Lipinski definition) is 5. The molecule has 1 fully saturated rings. The Bertz CT molecular complexity index is 639. The molecule has 0 aliphatic carbocycles. The maximum atomic E-state index is 12.7. The summed E-state index contributed by atoms with van der Waals surface area (Å²) in [6.45, 7) is 8.32. The van der Waals surface area contributed by atoms with Crippen molar-refractivity contribution in [3.8, 4) is 0 Å². The molecule has 124 valence electrons. The number of nitrogens with zero attached hydrogens (tertiary/aromatic N) is 5. The van der Waals surface area contributed by atoms with Crippen LogP contribution in [0.1, 0.15) is 30.1 Å². The molecule has 0 spiro atoms. The van der Waals surface area contributed by atoms with Gasteiger partial charge in [0.25, 0.3) is 0 Å². The van der Waals surface area contributed by atoms with E-state index in [1.807, 2.05) is 31.0 Å². The molecule has 0 saturated carbocycles. The van der Waals surface area contributed by atoms with Gasteiger partial charge in [0.2, 0.25) is 5.91 Å². The summed E-state index contributed by atoms with van der Waals surface area (Å²) in [7, 11) is 0. The molecule has 0 radical (unpaired) electrons. The Hall–Kier alpha value is -1.73. The average molecular weight is 333 g/mol. The molecule has 2 aromatic heterocycles. The van der Waals surface area contributed by atoms with E-state index >= 15 is 0 Å². The van der Waals surface area contributed by atoms with Crippen LogP contribution in [0.15, 0.2) is 23.8 Å². The fourth-order valence-corrected chi connectivity index (χ4v) is 3.55. The van der Waals surface area contributed by atoms with Crippen molar-refractivity contribution in [1.29, 1.82) is 0 Å². The molecule has 0 bridgehead atoms. The highest BCUT2D eigenvalue weighted by Crippen LogP contribution is 2.15. The highest BCUT2D eigenvalue weighted by atomic mass is 32.1. The standard InChI is InChI=1S/C16H23N5OS/c1-13(21-8-3-5-17-21)16(22)20-7-4-6-19(9-10-20)11-15-12-23-14(2)18-15/h3,5,8,12-13H,4,6-7,9-11H2,1-2H3/t13-/m0/s1. The molecule has 1 aliphatic heterocycles. The van der Waals surface area contributed by atoms with Gasteiger partial charge < -0.3 is 4.90 Å². The Morgan fingerprint density at radius 3 is 2.91 bits per heavy atom. The van der Waals surface area contributed by atoms with Gasteiger partial charge in [-0.05, 0) is 26.3 Å². The molecule has 1 atom stereocenters. The van der Waals surface area contributed by atoms with Gasteiger partial charge in [0.05, 0.1) is 10.7 Å². The average Bonchev–Trinajstić information content (AvgIpc) is 3.15. The molecule has 1 saturated heterocycles. The van der Waals surface area contributed by atoms with E-state index < -0.39 is 0 Å². The number of aromatic nitrogens is 3. The van der Waals surface area contributed by atoms with E-state index in [0.29, 0.717) is 0 Å². The molecule has 6 nitrogen and oxygen atoms in total. The monoisotopic (exact) mass is 333 g/mol. The van der Waals surface area contributed by atoms with Crippen LogP contribution in [0.25, 0.3) is 0 Å². The van der Waals surface area contributed by atoms with Crippen molar-refractivity contribution in [3.05, 3.63) is 34.5 Å². The van der Waals surface area contributed by atoms with E-state index in [1.54, 1.807) is 22.2 Å². The topological polar surface area (TPSA) is 54.3 Å². The number of aryl methyl sites for hydroxylation is 1. The van der Waals surface area contributed by atoms with E-state index in [0.717, 1.165) is 49.8 Å². The minimum atomic E-state index is -0.238. The highest BCUT2D eigenvalue weighted by molar-refractivity contribution is 7.09. The van der Waals surface area contributed by atoms with Crippen molar-refractivity contribution in [2.45, 2.75) is 32.9 Å². The highest BCUT2D eigenvalue weighted by Gasteiger charge is 2.24. The molecular formula is C16H23N5OS. The van der Waals surface area contributed by atoms with Crippen molar-refractivity contribution in [3.63, 3.8) is 0 Å². The second kappa shape index (κ2) is 7.23. The van der Waals surface area contributed by atoms with Gasteiger partial charge in [0, 0.05) is 50.5 Å². The third-order valence-electron chi connectivity index (χ3n) is 4.23. The molecule has 23 heavy (non-hydrogen) atoms. The van der Waals surface area contributed by atoms with Crippen molar-refractivity contribution < 1.29 is 4.79 Å². The number of rotatable bonds is 4. The summed E-state index contributed by atoms with van der Waals surface area (Å²) in [5, 5.41) is 7.42. The third-order valence-corrected chi connectivity index (χ3v) is 5.05. The predicted molar refractivity (Wildman–Crippen MR) is 90.3 cm³/mol. The van der Waals surface area contributed by atoms with E-state index in [4.69, 9.17) is 0 Å². The van der Waals surface area contributed by atoms with E-state index in [1.165, 1.54) is 0 Å². The second-order valence-corrected chi connectivity index (χ2v) is 7.04. The smallest absolute Gasteiger partial charge is 0.247 e. The molecule has 3 heterocycles. The minimum Gasteiger partial charge on any atom is -0.340 e. The molecule has 7 heteroatoms. The maximum Gasteiger partial charge on any atom is 0.247 e. The number of carbonyl (C=O) groups is 1. The van der Waals surface area contributed by atoms with Crippen LogP contribution in [0, 0.1) is 6.92 Å². The van der Waals surface area contributed by atoms with E-state index in [-0.39, 0.29) is 11.9 Å². The lowest BCUT2D eigenvalue weighted by atomic mass is 10.2. The molecule has 2 aromatic rings. The van der Waals surface area contributed by atoms with Gasteiger partial charge in [-0.2, -0.15) is 5.10 Å². The normalized spacial score (nSPS) is 17.9. The molecule has 3 rings (SSSR count). The summed E-state index contributed by atoms with van der Waals surface area (Å²) in [6, 6.07) is 1.61. The van der Waals surface area contributed by atoms with Gasteiger partial charge in [-0.3, -0.25) is 14.4 Å². The number of amides is 1. The number of carbonyl (C=O) groups excluding carboxylic acids is 1.